The molecule has 0 aliphatic rings. The molecule has 2 heterocycles. The van der Waals surface area contributed by atoms with Gasteiger partial charge in [-0.25, -0.2) is 4.98 Å². The van der Waals surface area contributed by atoms with E-state index in [1.54, 1.807) is 54.6 Å². The van der Waals surface area contributed by atoms with Crippen molar-refractivity contribution in [1.29, 1.82) is 0 Å². The van der Waals surface area contributed by atoms with Crippen molar-refractivity contribution < 1.29 is 14.6 Å². The van der Waals surface area contributed by atoms with Crippen LogP contribution < -0.4 is 4.73 Å². The fourth-order valence-corrected chi connectivity index (χ4v) is 3.03. The summed E-state index contributed by atoms with van der Waals surface area (Å²) in [5, 5.41) is 33.4. The first-order valence-corrected chi connectivity index (χ1v) is 9.54. The van der Waals surface area contributed by atoms with Gasteiger partial charge < -0.3 is 5.21 Å². The van der Waals surface area contributed by atoms with Gasteiger partial charge in [0, 0.05) is 23.8 Å². The molecule has 10 heteroatoms. The first-order chi connectivity index (χ1) is 15.4. The molecule has 4 rings (SSSR count). The minimum atomic E-state index is -0.559. The maximum Gasteiger partial charge on any atom is 0.342 e. The largest absolute Gasteiger partial charge is 0.618 e. The Balaban J connectivity index is 0.000000181. The average Bonchev–Trinajstić information content (AvgIpc) is 2.80. The van der Waals surface area contributed by atoms with Crippen LogP contribution in [0.1, 0.15) is 0 Å². The Morgan fingerprint density at radius 1 is 0.719 bits per heavy atom. The van der Waals surface area contributed by atoms with E-state index in [4.69, 9.17) is 11.6 Å². The van der Waals surface area contributed by atoms with Crippen LogP contribution >= 0.6 is 11.6 Å². The maximum absolute atomic E-state index is 11.6. The van der Waals surface area contributed by atoms with E-state index in [9.17, 15) is 25.4 Å². The van der Waals surface area contributed by atoms with E-state index in [1.807, 2.05) is 6.07 Å². The van der Waals surface area contributed by atoms with Crippen LogP contribution in [0.15, 0.2) is 91.1 Å². The number of hydrogen-bond donors (Lipinski definition) is 0. The highest BCUT2D eigenvalue weighted by atomic mass is 35.5. The number of benzene rings is 2. The number of nitrogens with zero attached hydrogens (tertiary/aromatic N) is 4. The van der Waals surface area contributed by atoms with E-state index in [2.05, 4.69) is 4.98 Å². The molecule has 0 radical (unpaired) electrons. The maximum atomic E-state index is 11.6. The fourth-order valence-electron chi connectivity index (χ4n) is 2.88. The molecule has 0 fully saturated rings. The Morgan fingerprint density at radius 3 is 1.84 bits per heavy atom. The van der Waals surface area contributed by atoms with Gasteiger partial charge in [-0.05, 0) is 18.2 Å². The van der Waals surface area contributed by atoms with Crippen molar-refractivity contribution >= 4 is 23.0 Å². The van der Waals surface area contributed by atoms with Crippen molar-refractivity contribution in [1.82, 2.24) is 4.98 Å². The van der Waals surface area contributed by atoms with Crippen LogP contribution in [0.3, 0.4) is 0 Å². The van der Waals surface area contributed by atoms with Crippen molar-refractivity contribution in [3.8, 4) is 22.5 Å². The average molecular weight is 451 g/mol. The summed E-state index contributed by atoms with van der Waals surface area (Å²) in [6.07, 6.45) is 1.25. The molecule has 0 saturated heterocycles. The lowest BCUT2D eigenvalue weighted by Crippen LogP contribution is -2.29. The molecule has 0 saturated carbocycles. The quantitative estimate of drug-likeness (QED) is 0.138. The van der Waals surface area contributed by atoms with Crippen molar-refractivity contribution in [3.63, 3.8) is 0 Å². The lowest BCUT2D eigenvalue weighted by atomic mass is 10.1. The van der Waals surface area contributed by atoms with Crippen LogP contribution in [-0.4, -0.2) is 14.8 Å². The van der Waals surface area contributed by atoms with Gasteiger partial charge in [0.25, 0.3) is 5.69 Å². The molecule has 0 aliphatic carbocycles. The van der Waals surface area contributed by atoms with E-state index in [1.165, 1.54) is 30.5 Å². The van der Waals surface area contributed by atoms with E-state index >= 15 is 0 Å². The molecule has 0 unspecified atom stereocenters. The van der Waals surface area contributed by atoms with Crippen molar-refractivity contribution in [2.45, 2.75) is 0 Å². The third-order valence-electron chi connectivity index (χ3n) is 4.27. The molecule has 32 heavy (non-hydrogen) atoms. The summed E-state index contributed by atoms with van der Waals surface area (Å²) in [5.74, 6) is 0. The van der Waals surface area contributed by atoms with E-state index in [0.29, 0.717) is 15.9 Å². The van der Waals surface area contributed by atoms with E-state index < -0.39 is 9.85 Å². The summed E-state index contributed by atoms with van der Waals surface area (Å²) < 4.78 is 0.507. The van der Waals surface area contributed by atoms with E-state index in [-0.39, 0.29) is 27.9 Å². The number of pyridine rings is 2. The van der Waals surface area contributed by atoms with E-state index in [0.717, 1.165) is 0 Å². The zero-order valence-corrected chi connectivity index (χ0v) is 17.1. The first kappa shape index (κ1) is 22.3. The molecule has 2 aromatic carbocycles. The molecule has 0 spiro atoms. The van der Waals surface area contributed by atoms with Gasteiger partial charge in [-0.2, -0.15) is 4.73 Å². The van der Waals surface area contributed by atoms with Gasteiger partial charge >= 0.3 is 11.4 Å². The standard InChI is InChI=1S/C11H7ClN2O2.C11H8N2O3/c12-10-7-6-9(14(15)16)11(13-10)8-4-2-1-3-5-8;14-12-8-4-7-10(13(15)16)11(12)9-5-2-1-3-6-9/h1-7H;1-8H. The molecule has 0 bridgehead atoms. The summed E-state index contributed by atoms with van der Waals surface area (Å²) >= 11 is 5.74. The normalized spacial score (nSPS) is 10.0. The minimum Gasteiger partial charge on any atom is -0.618 e. The molecule has 0 aliphatic heterocycles. The second-order valence-corrected chi connectivity index (χ2v) is 6.70. The third kappa shape index (κ3) is 5.21. The van der Waals surface area contributed by atoms with Gasteiger partial charge in [0.15, 0.2) is 6.20 Å². The first-order valence-electron chi connectivity index (χ1n) is 9.17. The van der Waals surface area contributed by atoms with Gasteiger partial charge in [-0.3, -0.25) is 20.2 Å². The Hall–Kier alpha value is -4.37. The smallest absolute Gasteiger partial charge is 0.342 e. The summed E-state index contributed by atoms with van der Waals surface area (Å²) in [7, 11) is 0. The molecular formula is C22H15ClN4O5. The van der Waals surface area contributed by atoms with Crippen molar-refractivity contribution in [3.05, 3.63) is 122 Å². The highest BCUT2D eigenvalue weighted by Crippen LogP contribution is 2.29. The highest BCUT2D eigenvalue weighted by molar-refractivity contribution is 6.29. The van der Waals surface area contributed by atoms with Crippen LogP contribution in [-0.2, 0) is 0 Å². The van der Waals surface area contributed by atoms with Crippen LogP contribution in [0.5, 0.6) is 0 Å². The second-order valence-electron chi connectivity index (χ2n) is 6.32. The van der Waals surface area contributed by atoms with Crippen LogP contribution in [0.25, 0.3) is 22.5 Å². The molecule has 0 atom stereocenters. The molecule has 2 aromatic heterocycles. The molecule has 0 N–H and O–H groups in total. The number of aromatic nitrogens is 2. The predicted octanol–water partition coefficient (Wildman–Crippen LogP) is 5.21. The second kappa shape index (κ2) is 10.1. The molecule has 0 amide bonds. The highest BCUT2D eigenvalue weighted by Gasteiger charge is 2.23. The Kier molecular flexibility index (Phi) is 7.04. The summed E-state index contributed by atoms with van der Waals surface area (Å²) in [5.41, 5.74) is 1.33. The van der Waals surface area contributed by atoms with Gasteiger partial charge in [0.05, 0.1) is 15.4 Å². The summed E-state index contributed by atoms with van der Waals surface area (Å²) in [4.78, 5) is 24.6. The van der Waals surface area contributed by atoms with Gasteiger partial charge in [-0.1, -0.05) is 60.1 Å². The number of nitro groups is 2. The van der Waals surface area contributed by atoms with Crippen molar-refractivity contribution in [2.24, 2.45) is 0 Å². The van der Waals surface area contributed by atoms with Crippen LogP contribution in [0.2, 0.25) is 5.15 Å². The summed E-state index contributed by atoms with van der Waals surface area (Å²) in [6.45, 7) is 0. The SMILES string of the molecule is O=[N+]([O-])c1ccc(Cl)nc1-c1ccccc1.O=[N+]([O-])c1ccc[n+]([O-])c1-c1ccccc1. The molecule has 4 aromatic rings. The Labute approximate surface area is 187 Å². The minimum absolute atomic E-state index is 0.0457. The zero-order valence-electron chi connectivity index (χ0n) is 16.4. The topological polar surface area (TPSA) is 126 Å². The Bertz CT molecular complexity index is 1250. The number of halogens is 1. The zero-order chi connectivity index (χ0) is 23.1. The van der Waals surface area contributed by atoms with Crippen molar-refractivity contribution in [2.75, 3.05) is 0 Å². The number of hydrogen-bond acceptors (Lipinski definition) is 6. The monoisotopic (exact) mass is 450 g/mol. The molecule has 160 valence electrons. The third-order valence-corrected chi connectivity index (χ3v) is 4.48. The Morgan fingerprint density at radius 2 is 1.28 bits per heavy atom. The lowest BCUT2D eigenvalue weighted by molar-refractivity contribution is -0.597. The predicted molar refractivity (Wildman–Crippen MR) is 119 cm³/mol. The van der Waals surface area contributed by atoms with Gasteiger partial charge in [0.2, 0.25) is 0 Å². The van der Waals surface area contributed by atoms with Gasteiger partial charge in [0.1, 0.15) is 10.8 Å². The van der Waals surface area contributed by atoms with Crippen LogP contribution in [0.4, 0.5) is 11.4 Å². The summed E-state index contributed by atoms with van der Waals surface area (Å²) in [6, 6.07) is 22.9. The van der Waals surface area contributed by atoms with Crippen LogP contribution in [0, 0.1) is 25.4 Å². The molecular weight excluding hydrogens is 436 g/mol. The number of rotatable bonds is 4. The lowest BCUT2D eigenvalue weighted by Gasteiger charge is -2.03. The molecule has 9 nitrogen and oxygen atoms in total. The van der Waals surface area contributed by atoms with Gasteiger partial charge in [-0.15, -0.1) is 0 Å². The fraction of sp³-hybridized carbons (Fsp3) is 0.